The normalized spacial score (nSPS) is 14.4. The standard InChI is InChI=1S/C16H22BO3S/c1-10(18)14-9-11-12(7-6-8-13(11)21-14)17-20-16(4,5)15(2,3)19/h6-10,18-19H,1-5H3. The highest BCUT2D eigenvalue weighted by Crippen LogP contribution is 2.29. The summed E-state index contributed by atoms with van der Waals surface area (Å²) in [5.41, 5.74) is -0.692. The van der Waals surface area contributed by atoms with Gasteiger partial charge in [0.25, 0.3) is 0 Å². The molecule has 0 spiro atoms. The summed E-state index contributed by atoms with van der Waals surface area (Å²) in [5, 5.41) is 20.9. The minimum absolute atomic E-state index is 0.469. The van der Waals surface area contributed by atoms with E-state index in [1.54, 1.807) is 39.6 Å². The van der Waals surface area contributed by atoms with Crippen molar-refractivity contribution in [2.24, 2.45) is 0 Å². The number of fused-ring (bicyclic) bond motifs is 1. The first-order valence-electron chi connectivity index (χ1n) is 7.06. The Bertz CT molecular complexity index is 626. The van der Waals surface area contributed by atoms with Crippen LogP contribution in [0.3, 0.4) is 0 Å². The molecule has 0 saturated carbocycles. The van der Waals surface area contributed by atoms with Gasteiger partial charge in [-0.1, -0.05) is 12.1 Å². The molecule has 0 saturated heterocycles. The average molecular weight is 305 g/mol. The lowest BCUT2D eigenvalue weighted by Crippen LogP contribution is -2.49. The van der Waals surface area contributed by atoms with Crippen molar-refractivity contribution in [3.63, 3.8) is 0 Å². The van der Waals surface area contributed by atoms with Gasteiger partial charge in [0.1, 0.15) is 0 Å². The average Bonchev–Trinajstić information content (AvgIpc) is 2.79. The zero-order valence-corrected chi connectivity index (χ0v) is 14.0. The molecule has 2 aromatic rings. The molecule has 1 radical (unpaired) electrons. The molecule has 1 heterocycles. The quantitative estimate of drug-likeness (QED) is 0.835. The number of thiophene rings is 1. The molecule has 1 atom stereocenters. The molecule has 21 heavy (non-hydrogen) atoms. The van der Waals surface area contributed by atoms with E-state index in [0.29, 0.717) is 0 Å². The van der Waals surface area contributed by atoms with Crippen LogP contribution in [0.2, 0.25) is 0 Å². The van der Waals surface area contributed by atoms with Gasteiger partial charge in [0.15, 0.2) is 0 Å². The van der Waals surface area contributed by atoms with Crippen LogP contribution in [0.15, 0.2) is 24.3 Å². The third-order valence-electron chi connectivity index (χ3n) is 3.98. The number of hydrogen-bond donors (Lipinski definition) is 2. The molecular formula is C16H22BO3S. The van der Waals surface area contributed by atoms with Gasteiger partial charge in [-0.05, 0) is 57.6 Å². The van der Waals surface area contributed by atoms with Crippen LogP contribution in [0.25, 0.3) is 10.1 Å². The third-order valence-corrected chi connectivity index (χ3v) is 5.25. The van der Waals surface area contributed by atoms with Crippen molar-refractivity contribution in [1.29, 1.82) is 0 Å². The second-order valence-electron chi connectivity index (χ2n) is 6.39. The highest BCUT2D eigenvalue weighted by Gasteiger charge is 2.35. The van der Waals surface area contributed by atoms with Crippen molar-refractivity contribution in [1.82, 2.24) is 0 Å². The van der Waals surface area contributed by atoms with E-state index in [4.69, 9.17) is 4.65 Å². The van der Waals surface area contributed by atoms with Crippen molar-refractivity contribution >= 4 is 34.4 Å². The molecule has 2 rings (SSSR count). The Labute approximate surface area is 130 Å². The van der Waals surface area contributed by atoms with Crippen molar-refractivity contribution < 1.29 is 14.9 Å². The smallest absolute Gasteiger partial charge is 0.331 e. The Kier molecular flexibility index (Phi) is 4.50. The summed E-state index contributed by atoms with van der Waals surface area (Å²) in [4.78, 5) is 0.938. The van der Waals surface area contributed by atoms with E-state index in [0.717, 1.165) is 20.4 Å². The van der Waals surface area contributed by atoms with Gasteiger partial charge in [0.2, 0.25) is 0 Å². The fourth-order valence-electron chi connectivity index (χ4n) is 1.77. The lowest BCUT2D eigenvalue weighted by Gasteiger charge is -2.37. The Morgan fingerprint density at radius 2 is 1.90 bits per heavy atom. The summed E-state index contributed by atoms with van der Waals surface area (Å²) < 4.78 is 6.94. The van der Waals surface area contributed by atoms with Gasteiger partial charge in [-0.2, -0.15) is 0 Å². The van der Waals surface area contributed by atoms with Crippen LogP contribution < -0.4 is 5.46 Å². The van der Waals surface area contributed by atoms with Gasteiger partial charge < -0.3 is 14.9 Å². The van der Waals surface area contributed by atoms with Crippen LogP contribution in [0.1, 0.15) is 45.6 Å². The lowest BCUT2D eigenvalue weighted by atomic mass is 9.81. The number of rotatable bonds is 5. The molecule has 2 N–H and O–H groups in total. The Morgan fingerprint density at radius 1 is 1.24 bits per heavy atom. The molecular weight excluding hydrogens is 283 g/mol. The molecule has 113 valence electrons. The molecule has 1 unspecified atom stereocenters. The second kappa shape index (κ2) is 5.73. The van der Waals surface area contributed by atoms with Gasteiger partial charge in [0.05, 0.1) is 17.3 Å². The molecule has 0 aliphatic carbocycles. The summed E-state index contributed by atoms with van der Waals surface area (Å²) in [7, 11) is 1.69. The molecule has 0 bridgehead atoms. The Balaban J connectivity index is 2.27. The number of benzene rings is 1. The maximum Gasteiger partial charge on any atom is 0.331 e. The maximum atomic E-state index is 10.1. The fourth-order valence-corrected chi connectivity index (χ4v) is 2.80. The molecule has 0 amide bonds. The van der Waals surface area contributed by atoms with Crippen LogP contribution in [-0.2, 0) is 4.65 Å². The Hall–Kier alpha value is -0.875. The van der Waals surface area contributed by atoms with Crippen molar-refractivity contribution in [3.8, 4) is 0 Å². The molecule has 3 nitrogen and oxygen atoms in total. The summed E-state index contributed by atoms with van der Waals surface area (Å²) in [6.07, 6.45) is -0.469. The second-order valence-corrected chi connectivity index (χ2v) is 7.50. The first kappa shape index (κ1) is 16.5. The predicted octanol–water partition coefficient (Wildman–Crippen LogP) is 2.77. The maximum absolute atomic E-state index is 10.1. The number of hydrogen-bond acceptors (Lipinski definition) is 4. The minimum Gasteiger partial charge on any atom is -0.427 e. The van der Waals surface area contributed by atoms with Crippen LogP contribution in [0.5, 0.6) is 0 Å². The molecule has 1 aromatic heterocycles. The van der Waals surface area contributed by atoms with E-state index in [1.165, 1.54) is 0 Å². The van der Waals surface area contributed by atoms with E-state index in [2.05, 4.69) is 0 Å². The van der Waals surface area contributed by atoms with Crippen molar-refractivity contribution in [2.75, 3.05) is 0 Å². The molecule has 5 heteroatoms. The van der Waals surface area contributed by atoms with Gasteiger partial charge in [-0.15, -0.1) is 11.3 Å². The van der Waals surface area contributed by atoms with Crippen molar-refractivity contribution in [3.05, 3.63) is 29.1 Å². The van der Waals surface area contributed by atoms with E-state index in [1.807, 2.05) is 38.1 Å². The van der Waals surface area contributed by atoms with Crippen LogP contribution in [0, 0.1) is 0 Å². The zero-order valence-electron chi connectivity index (χ0n) is 13.2. The molecule has 0 aliphatic rings. The highest BCUT2D eigenvalue weighted by molar-refractivity contribution is 7.19. The Morgan fingerprint density at radius 3 is 2.48 bits per heavy atom. The number of aliphatic hydroxyl groups is 2. The topological polar surface area (TPSA) is 49.7 Å². The largest absolute Gasteiger partial charge is 0.427 e. The predicted molar refractivity (Wildman–Crippen MR) is 89.3 cm³/mol. The fraction of sp³-hybridized carbons (Fsp3) is 0.500. The van der Waals surface area contributed by atoms with Gasteiger partial charge in [0, 0.05) is 9.58 Å². The lowest BCUT2D eigenvalue weighted by molar-refractivity contribution is -0.0893. The molecule has 1 aromatic carbocycles. The van der Waals surface area contributed by atoms with E-state index in [-0.39, 0.29) is 0 Å². The third kappa shape index (κ3) is 3.48. The highest BCUT2D eigenvalue weighted by atomic mass is 32.1. The zero-order chi connectivity index (χ0) is 15.8. The van der Waals surface area contributed by atoms with Gasteiger partial charge in [-0.25, -0.2) is 0 Å². The molecule has 0 aliphatic heterocycles. The van der Waals surface area contributed by atoms with Crippen LogP contribution >= 0.6 is 11.3 Å². The monoisotopic (exact) mass is 305 g/mol. The van der Waals surface area contributed by atoms with Gasteiger partial charge in [-0.3, -0.25) is 0 Å². The first-order valence-corrected chi connectivity index (χ1v) is 7.87. The summed E-state index contributed by atoms with van der Waals surface area (Å²) in [6, 6.07) is 7.97. The van der Waals surface area contributed by atoms with Crippen LogP contribution in [0.4, 0.5) is 0 Å². The molecule has 0 fully saturated rings. The summed E-state index contributed by atoms with van der Waals surface area (Å²) in [6.45, 7) is 8.95. The summed E-state index contributed by atoms with van der Waals surface area (Å²) >= 11 is 1.58. The number of aliphatic hydroxyl groups excluding tert-OH is 1. The van der Waals surface area contributed by atoms with E-state index < -0.39 is 17.3 Å². The minimum atomic E-state index is -0.948. The van der Waals surface area contributed by atoms with E-state index in [9.17, 15) is 10.2 Å². The first-order chi connectivity index (χ1) is 9.62. The van der Waals surface area contributed by atoms with Crippen LogP contribution in [-0.4, -0.2) is 28.9 Å². The van der Waals surface area contributed by atoms with Crippen molar-refractivity contribution in [2.45, 2.75) is 51.9 Å². The van der Waals surface area contributed by atoms with Gasteiger partial charge >= 0.3 is 7.48 Å². The van der Waals surface area contributed by atoms with E-state index >= 15 is 0 Å². The summed E-state index contributed by atoms with van der Waals surface area (Å²) in [5.74, 6) is 0. The SMILES string of the molecule is CC(O)c1cc2c([B]OC(C)(C)C(C)(C)O)cccc2s1.